The zero-order valence-electron chi connectivity index (χ0n) is 12.0. The van der Waals surface area contributed by atoms with Gasteiger partial charge in [0.1, 0.15) is 0 Å². The maximum absolute atomic E-state index is 12.2. The second-order valence-corrected chi connectivity index (χ2v) is 5.69. The first-order chi connectivity index (χ1) is 9.94. The largest absolute Gasteiger partial charge is 0.394 e. The zero-order valence-corrected chi connectivity index (χ0v) is 12.8. The van der Waals surface area contributed by atoms with Gasteiger partial charge in [-0.15, -0.1) is 0 Å². The van der Waals surface area contributed by atoms with Crippen molar-refractivity contribution in [3.63, 3.8) is 0 Å². The Morgan fingerprint density at radius 1 is 1.29 bits per heavy atom. The molecule has 0 bridgehead atoms. The Bertz CT molecular complexity index is 443. The van der Waals surface area contributed by atoms with Crippen molar-refractivity contribution in [3.05, 3.63) is 24.3 Å². The molecule has 0 fully saturated rings. The summed E-state index contributed by atoms with van der Waals surface area (Å²) < 4.78 is 24.4. The molecule has 0 radical (unpaired) electrons. The lowest BCUT2D eigenvalue weighted by Gasteiger charge is -2.30. The van der Waals surface area contributed by atoms with Gasteiger partial charge in [-0.2, -0.15) is 8.78 Å². The number of aliphatic hydroxyl groups is 1. The van der Waals surface area contributed by atoms with E-state index < -0.39 is 17.3 Å². The van der Waals surface area contributed by atoms with Gasteiger partial charge in [-0.3, -0.25) is 0 Å². The number of hydrogen-bond acceptors (Lipinski definition) is 3. The molecule has 0 aliphatic heterocycles. The lowest BCUT2D eigenvalue weighted by molar-refractivity contribution is 0.155. The Kier molecular flexibility index (Phi) is 6.91. The van der Waals surface area contributed by atoms with Crippen LogP contribution in [0.2, 0.25) is 0 Å². The summed E-state index contributed by atoms with van der Waals surface area (Å²) >= 11 is 0.452. The monoisotopic (exact) mass is 318 g/mol. The molecule has 21 heavy (non-hydrogen) atoms. The minimum atomic E-state index is -2.47. The van der Waals surface area contributed by atoms with Crippen LogP contribution in [0.25, 0.3) is 0 Å². The SMILES string of the molecule is CCC(CC)(CO)NC(=O)Nc1ccc(SC(F)F)cc1. The molecule has 0 saturated heterocycles. The number of hydrogen-bond donors (Lipinski definition) is 3. The Labute approximate surface area is 127 Å². The number of thioether (sulfide) groups is 1. The molecule has 0 aliphatic carbocycles. The number of carbonyl (C=O) groups excluding carboxylic acids is 1. The third kappa shape index (κ3) is 5.51. The molecular weight excluding hydrogens is 298 g/mol. The van der Waals surface area contributed by atoms with E-state index in [-0.39, 0.29) is 6.61 Å². The normalized spacial score (nSPS) is 11.5. The fraction of sp³-hybridized carbons (Fsp3) is 0.500. The van der Waals surface area contributed by atoms with E-state index in [1.165, 1.54) is 12.1 Å². The number of amides is 2. The second kappa shape index (κ2) is 8.19. The topological polar surface area (TPSA) is 61.4 Å². The van der Waals surface area contributed by atoms with E-state index in [2.05, 4.69) is 10.6 Å². The first-order valence-electron chi connectivity index (χ1n) is 6.69. The number of rotatable bonds is 7. The summed E-state index contributed by atoms with van der Waals surface area (Å²) in [5.74, 6) is -2.47. The second-order valence-electron chi connectivity index (χ2n) is 4.63. The van der Waals surface area contributed by atoms with Crippen LogP contribution >= 0.6 is 11.8 Å². The van der Waals surface area contributed by atoms with Crippen molar-refractivity contribution in [2.75, 3.05) is 11.9 Å². The van der Waals surface area contributed by atoms with Crippen LogP contribution in [-0.4, -0.2) is 29.0 Å². The molecule has 2 amide bonds. The minimum Gasteiger partial charge on any atom is -0.394 e. The van der Waals surface area contributed by atoms with Crippen LogP contribution in [-0.2, 0) is 0 Å². The zero-order chi connectivity index (χ0) is 15.9. The Morgan fingerprint density at radius 2 is 1.86 bits per heavy atom. The standard InChI is InChI=1S/C14H20F2N2O2S/c1-3-14(4-2,9-19)18-13(20)17-10-5-7-11(8-6-10)21-12(15)16/h5-8,12,19H,3-4,9H2,1-2H3,(H2,17,18,20). The molecule has 0 saturated carbocycles. The first-order valence-corrected chi connectivity index (χ1v) is 7.57. The van der Waals surface area contributed by atoms with Crippen LogP contribution in [0, 0.1) is 0 Å². The number of nitrogens with one attached hydrogen (secondary N) is 2. The van der Waals surface area contributed by atoms with E-state index in [4.69, 9.17) is 0 Å². The Morgan fingerprint density at radius 3 is 2.29 bits per heavy atom. The van der Waals surface area contributed by atoms with E-state index >= 15 is 0 Å². The molecule has 1 rings (SSSR count). The Hall–Kier alpha value is -1.34. The summed E-state index contributed by atoms with van der Waals surface area (Å²) in [7, 11) is 0. The maximum Gasteiger partial charge on any atom is 0.319 e. The van der Waals surface area contributed by atoms with Crippen molar-refractivity contribution in [1.82, 2.24) is 5.32 Å². The minimum absolute atomic E-state index is 0.141. The van der Waals surface area contributed by atoms with Gasteiger partial charge in [0, 0.05) is 10.6 Å². The van der Waals surface area contributed by atoms with Crippen molar-refractivity contribution in [3.8, 4) is 0 Å². The van der Waals surface area contributed by atoms with Crippen molar-refractivity contribution in [1.29, 1.82) is 0 Å². The molecule has 7 heteroatoms. The fourth-order valence-corrected chi connectivity index (χ4v) is 2.31. The number of halogens is 2. The highest BCUT2D eigenvalue weighted by atomic mass is 32.2. The molecule has 4 nitrogen and oxygen atoms in total. The Balaban J connectivity index is 2.62. The number of carbonyl (C=O) groups is 1. The van der Waals surface area contributed by atoms with Crippen molar-refractivity contribution in [2.45, 2.75) is 42.9 Å². The average molecular weight is 318 g/mol. The summed E-state index contributed by atoms with van der Waals surface area (Å²) in [5, 5.41) is 14.8. The van der Waals surface area contributed by atoms with Gasteiger partial charge in [0.05, 0.1) is 12.1 Å². The quantitative estimate of drug-likeness (QED) is 0.672. The number of anilines is 1. The maximum atomic E-state index is 12.2. The van der Waals surface area contributed by atoms with Crippen LogP contribution in [0.5, 0.6) is 0 Å². The fourth-order valence-electron chi connectivity index (χ4n) is 1.81. The highest BCUT2D eigenvalue weighted by Crippen LogP contribution is 2.26. The molecule has 118 valence electrons. The molecule has 0 spiro atoms. The summed E-state index contributed by atoms with van der Waals surface area (Å²) in [5.41, 5.74) is -0.139. The van der Waals surface area contributed by atoms with Gasteiger partial charge in [-0.1, -0.05) is 25.6 Å². The molecule has 0 heterocycles. The summed E-state index contributed by atoms with van der Waals surface area (Å²) in [6.45, 7) is 3.63. The average Bonchev–Trinajstić information content (AvgIpc) is 2.46. The van der Waals surface area contributed by atoms with E-state index in [1.807, 2.05) is 13.8 Å². The van der Waals surface area contributed by atoms with Gasteiger partial charge in [-0.05, 0) is 37.1 Å². The molecule has 0 aliphatic rings. The van der Waals surface area contributed by atoms with Gasteiger partial charge < -0.3 is 15.7 Å². The molecule has 1 aromatic rings. The highest BCUT2D eigenvalue weighted by Gasteiger charge is 2.27. The van der Waals surface area contributed by atoms with E-state index in [9.17, 15) is 18.7 Å². The van der Waals surface area contributed by atoms with Crippen LogP contribution in [0.4, 0.5) is 19.3 Å². The molecule has 0 unspecified atom stereocenters. The first kappa shape index (κ1) is 17.7. The number of aliphatic hydroxyl groups excluding tert-OH is 1. The number of benzene rings is 1. The van der Waals surface area contributed by atoms with Crippen LogP contribution < -0.4 is 10.6 Å². The number of urea groups is 1. The van der Waals surface area contributed by atoms with Crippen LogP contribution in [0.15, 0.2) is 29.2 Å². The van der Waals surface area contributed by atoms with E-state index in [0.717, 1.165) is 0 Å². The van der Waals surface area contributed by atoms with Crippen molar-refractivity contribution >= 4 is 23.5 Å². The van der Waals surface area contributed by atoms with Crippen LogP contribution in [0.1, 0.15) is 26.7 Å². The van der Waals surface area contributed by atoms with Gasteiger partial charge in [0.25, 0.3) is 5.76 Å². The molecule has 3 N–H and O–H groups in total. The summed E-state index contributed by atoms with van der Waals surface area (Å²) in [4.78, 5) is 12.3. The third-order valence-electron chi connectivity index (χ3n) is 3.37. The van der Waals surface area contributed by atoms with Crippen molar-refractivity contribution in [2.24, 2.45) is 0 Å². The van der Waals surface area contributed by atoms with Gasteiger partial charge in [0.2, 0.25) is 0 Å². The van der Waals surface area contributed by atoms with Gasteiger partial charge in [-0.25, -0.2) is 4.79 Å². The molecular formula is C14H20F2N2O2S. The van der Waals surface area contributed by atoms with Crippen LogP contribution in [0.3, 0.4) is 0 Å². The molecule has 0 aromatic heterocycles. The van der Waals surface area contributed by atoms with Gasteiger partial charge >= 0.3 is 6.03 Å². The summed E-state index contributed by atoms with van der Waals surface area (Å²) in [6, 6.07) is 5.73. The summed E-state index contributed by atoms with van der Waals surface area (Å²) in [6.07, 6.45) is 1.22. The predicted octanol–water partition coefficient (Wildman–Crippen LogP) is 3.67. The molecule has 0 atom stereocenters. The molecule has 1 aromatic carbocycles. The van der Waals surface area contributed by atoms with E-state index in [1.54, 1.807) is 12.1 Å². The number of alkyl halides is 2. The lowest BCUT2D eigenvalue weighted by Crippen LogP contribution is -2.51. The van der Waals surface area contributed by atoms with Crippen molar-refractivity contribution < 1.29 is 18.7 Å². The third-order valence-corrected chi connectivity index (χ3v) is 4.09. The highest BCUT2D eigenvalue weighted by molar-refractivity contribution is 7.99. The smallest absolute Gasteiger partial charge is 0.319 e. The van der Waals surface area contributed by atoms with E-state index in [0.29, 0.717) is 35.2 Å². The van der Waals surface area contributed by atoms with Gasteiger partial charge in [0.15, 0.2) is 0 Å². The lowest BCUT2D eigenvalue weighted by atomic mass is 9.94. The predicted molar refractivity (Wildman–Crippen MR) is 80.9 cm³/mol.